The summed E-state index contributed by atoms with van der Waals surface area (Å²) < 4.78 is 5.29. The number of hydrogen-bond donors (Lipinski definition) is 0. The largest absolute Gasteiger partial charge is 0.497 e. The van der Waals surface area contributed by atoms with Gasteiger partial charge in [-0.1, -0.05) is 38.1 Å². The van der Waals surface area contributed by atoms with E-state index in [0.29, 0.717) is 18.7 Å². The third kappa shape index (κ3) is 4.40. The highest BCUT2D eigenvalue weighted by molar-refractivity contribution is 7.10. The summed E-state index contributed by atoms with van der Waals surface area (Å²) in [6.45, 7) is 7.30. The number of fused-ring (bicyclic) bond motifs is 1. The molecule has 0 aliphatic carbocycles. The van der Waals surface area contributed by atoms with Crippen molar-refractivity contribution in [2.75, 3.05) is 25.1 Å². The van der Waals surface area contributed by atoms with Gasteiger partial charge < -0.3 is 14.5 Å². The molecule has 2 amide bonds. The average molecular weight is 463 g/mol. The highest BCUT2D eigenvalue weighted by Gasteiger charge is 2.46. The first-order chi connectivity index (χ1) is 16.0. The van der Waals surface area contributed by atoms with E-state index in [-0.39, 0.29) is 23.8 Å². The van der Waals surface area contributed by atoms with E-state index < -0.39 is 5.92 Å². The number of likely N-dealkylation sites (N-methyl/N-ethyl adjacent to an activating group) is 1. The number of benzene rings is 2. The fraction of sp³-hybridized carbons (Fsp3) is 0.333. The second kappa shape index (κ2) is 9.79. The van der Waals surface area contributed by atoms with E-state index in [4.69, 9.17) is 4.74 Å². The van der Waals surface area contributed by atoms with E-state index in [2.05, 4.69) is 13.8 Å². The molecular weight excluding hydrogens is 432 g/mol. The number of anilines is 1. The Morgan fingerprint density at radius 3 is 2.42 bits per heavy atom. The number of methoxy groups -OCH3 is 1. The third-order valence-electron chi connectivity index (χ3n) is 6.07. The normalized spacial score (nSPS) is 17.7. The van der Waals surface area contributed by atoms with Crippen molar-refractivity contribution in [2.24, 2.45) is 5.92 Å². The molecule has 0 bridgehead atoms. The van der Waals surface area contributed by atoms with Gasteiger partial charge in [-0.15, -0.1) is 11.3 Å². The zero-order valence-corrected chi connectivity index (χ0v) is 20.3. The summed E-state index contributed by atoms with van der Waals surface area (Å²) in [6, 6.07) is 18.8. The molecule has 1 aromatic heterocycles. The number of carbonyl (C=O) groups is 2. The minimum absolute atomic E-state index is 0.00484. The van der Waals surface area contributed by atoms with Crippen molar-refractivity contribution in [3.63, 3.8) is 0 Å². The number of carbonyl (C=O) groups excluding carboxylic acids is 2. The zero-order valence-electron chi connectivity index (χ0n) is 19.5. The van der Waals surface area contributed by atoms with Crippen LogP contribution >= 0.6 is 11.3 Å². The van der Waals surface area contributed by atoms with Crippen molar-refractivity contribution in [3.05, 3.63) is 82.0 Å². The molecule has 2 aromatic carbocycles. The second-order valence-corrected chi connectivity index (χ2v) is 9.64. The summed E-state index contributed by atoms with van der Waals surface area (Å²) in [5.41, 5.74) is 2.24. The van der Waals surface area contributed by atoms with Crippen molar-refractivity contribution in [1.29, 1.82) is 0 Å². The van der Waals surface area contributed by atoms with Crippen molar-refractivity contribution < 1.29 is 14.3 Å². The Morgan fingerprint density at radius 2 is 1.82 bits per heavy atom. The van der Waals surface area contributed by atoms with Crippen LogP contribution in [0.25, 0.3) is 0 Å². The molecular formula is C27H30N2O3S. The number of amides is 2. The highest BCUT2D eigenvalue weighted by atomic mass is 32.1. The van der Waals surface area contributed by atoms with Gasteiger partial charge in [0.05, 0.1) is 19.1 Å². The maximum Gasteiger partial charge on any atom is 0.254 e. The van der Waals surface area contributed by atoms with Gasteiger partial charge >= 0.3 is 0 Å². The molecule has 1 aliphatic heterocycles. The summed E-state index contributed by atoms with van der Waals surface area (Å²) in [7, 11) is 1.63. The van der Waals surface area contributed by atoms with E-state index in [1.165, 1.54) is 0 Å². The van der Waals surface area contributed by atoms with Crippen LogP contribution in [0.5, 0.6) is 5.75 Å². The van der Waals surface area contributed by atoms with E-state index >= 15 is 0 Å². The van der Waals surface area contributed by atoms with Crippen LogP contribution in [0.4, 0.5) is 5.69 Å². The Kier molecular flexibility index (Phi) is 6.84. The molecule has 0 spiro atoms. The molecule has 0 saturated carbocycles. The molecule has 172 valence electrons. The Hall–Kier alpha value is -3.12. The molecule has 2 heterocycles. The number of rotatable bonds is 7. The summed E-state index contributed by atoms with van der Waals surface area (Å²) in [6.07, 6.45) is 0. The van der Waals surface area contributed by atoms with E-state index in [0.717, 1.165) is 21.9 Å². The topological polar surface area (TPSA) is 49.9 Å². The highest BCUT2D eigenvalue weighted by Crippen LogP contribution is 2.45. The molecule has 33 heavy (non-hydrogen) atoms. The SMILES string of the molecule is CCN(C(=O)[C@@H]1c2ccccc2C(=O)N(CC(C)C)[C@@H]1c1cccs1)c1ccc(OC)cc1. The standard InChI is InChI=1S/C27H30N2O3S/c1-5-28(19-12-14-20(32-4)15-13-19)27(31)24-21-9-6-7-10-22(21)26(30)29(17-18(2)3)25(24)23-11-8-16-33-23/h6-16,18,24-25H,5,17H2,1-4H3/t24-,25-/m1/s1. The Bertz CT molecular complexity index is 1110. The van der Waals surface area contributed by atoms with Gasteiger partial charge in [0.25, 0.3) is 5.91 Å². The van der Waals surface area contributed by atoms with Crippen LogP contribution in [0.15, 0.2) is 66.0 Å². The Labute approximate surface area is 199 Å². The van der Waals surface area contributed by atoms with Gasteiger partial charge in [-0.3, -0.25) is 9.59 Å². The molecule has 3 aromatic rings. The molecule has 5 nitrogen and oxygen atoms in total. The first-order valence-corrected chi connectivity index (χ1v) is 12.2. The van der Waals surface area contributed by atoms with Crippen LogP contribution in [0.3, 0.4) is 0 Å². The molecule has 6 heteroatoms. The van der Waals surface area contributed by atoms with E-state index in [1.54, 1.807) is 18.4 Å². The summed E-state index contributed by atoms with van der Waals surface area (Å²) >= 11 is 1.60. The molecule has 1 aliphatic rings. The third-order valence-corrected chi connectivity index (χ3v) is 7.01. The van der Waals surface area contributed by atoms with Gasteiger partial charge in [0.15, 0.2) is 0 Å². The number of thiophene rings is 1. The number of hydrogen-bond acceptors (Lipinski definition) is 4. The average Bonchev–Trinajstić information content (AvgIpc) is 3.36. The molecule has 0 fully saturated rings. The van der Waals surface area contributed by atoms with Crippen molar-refractivity contribution in [1.82, 2.24) is 4.90 Å². The molecule has 0 radical (unpaired) electrons. The van der Waals surface area contributed by atoms with Crippen LogP contribution in [0, 0.1) is 5.92 Å². The fourth-order valence-corrected chi connectivity index (χ4v) is 5.50. The van der Waals surface area contributed by atoms with Gasteiger partial charge in [-0.2, -0.15) is 0 Å². The lowest BCUT2D eigenvalue weighted by Gasteiger charge is -2.43. The lowest BCUT2D eigenvalue weighted by atomic mass is 9.80. The Balaban J connectivity index is 1.85. The fourth-order valence-electron chi connectivity index (χ4n) is 4.63. The summed E-state index contributed by atoms with van der Waals surface area (Å²) in [5, 5.41) is 2.01. The predicted octanol–water partition coefficient (Wildman–Crippen LogP) is 5.75. The van der Waals surface area contributed by atoms with E-state index in [9.17, 15) is 9.59 Å². The van der Waals surface area contributed by atoms with Gasteiger partial charge in [-0.05, 0) is 60.2 Å². The monoisotopic (exact) mass is 462 g/mol. The lowest BCUT2D eigenvalue weighted by Crippen LogP contribution is -2.49. The van der Waals surface area contributed by atoms with Gasteiger partial charge in [0.2, 0.25) is 5.91 Å². The van der Waals surface area contributed by atoms with Crippen molar-refractivity contribution in [2.45, 2.75) is 32.7 Å². The maximum atomic E-state index is 14.3. The van der Waals surface area contributed by atoms with Crippen LogP contribution in [-0.2, 0) is 4.79 Å². The van der Waals surface area contributed by atoms with Gasteiger partial charge in [-0.25, -0.2) is 0 Å². The molecule has 0 saturated heterocycles. The predicted molar refractivity (Wildman–Crippen MR) is 133 cm³/mol. The second-order valence-electron chi connectivity index (χ2n) is 8.66. The van der Waals surface area contributed by atoms with Gasteiger partial charge in [0, 0.05) is 29.2 Å². The quantitative estimate of drug-likeness (QED) is 0.449. The minimum Gasteiger partial charge on any atom is -0.497 e. The molecule has 0 N–H and O–H groups in total. The lowest BCUT2D eigenvalue weighted by molar-refractivity contribution is -0.121. The maximum absolute atomic E-state index is 14.3. The van der Waals surface area contributed by atoms with Crippen molar-refractivity contribution in [3.8, 4) is 5.75 Å². The van der Waals surface area contributed by atoms with Crippen LogP contribution in [0.2, 0.25) is 0 Å². The molecule has 0 unspecified atom stereocenters. The minimum atomic E-state index is -0.488. The van der Waals surface area contributed by atoms with Crippen LogP contribution < -0.4 is 9.64 Å². The van der Waals surface area contributed by atoms with Gasteiger partial charge in [0.1, 0.15) is 5.75 Å². The first-order valence-electron chi connectivity index (χ1n) is 11.3. The first kappa shape index (κ1) is 23.1. The summed E-state index contributed by atoms with van der Waals surface area (Å²) in [4.78, 5) is 32.6. The van der Waals surface area contributed by atoms with Crippen molar-refractivity contribution >= 4 is 28.8 Å². The smallest absolute Gasteiger partial charge is 0.254 e. The number of ether oxygens (including phenoxy) is 1. The zero-order chi connectivity index (χ0) is 23.5. The van der Waals surface area contributed by atoms with Crippen LogP contribution in [0.1, 0.15) is 53.5 Å². The molecule has 4 rings (SSSR count). The van der Waals surface area contributed by atoms with E-state index in [1.807, 2.05) is 82.8 Å². The molecule has 2 atom stereocenters. The summed E-state index contributed by atoms with van der Waals surface area (Å²) in [5.74, 6) is 0.527. The van der Waals surface area contributed by atoms with Crippen LogP contribution in [-0.4, -0.2) is 36.9 Å². The Morgan fingerprint density at radius 1 is 1.09 bits per heavy atom. The number of nitrogens with zero attached hydrogens (tertiary/aromatic N) is 2.